The van der Waals surface area contributed by atoms with Crippen molar-refractivity contribution in [3.05, 3.63) is 120 Å². The van der Waals surface area contributed by atoms with E-state index in [0.717, 1.165) is 12.8 Å². The molecule has 0 atom stereocenters. The second kappa shape index (κ2) is 6.62. The van der Waals surface area contributed by atoms with Crippen LogP contribution in [0.5, 0.6) is 0 Å². The molecule has 0 fully saturated rings. The van der Waals surface area contributed by atoms with Gasteiger partial charge in [-0.3, -0.25) is 0 Å². The first-order valence-electron chi connectivity index (χ1n) is 12.9. The summed E-state index contributed by atoms with van der Waals surface area (Å²) in [5.41, 5.74) is 13.8. The maximum Gasteiger partial charge on any atom is -0.00201 e. The monoisotopic (exact) mass is 454 g/mol. The van der Waals surface area contributed by atoms with Crippen molar-refractivity contribution in [2.75, 3.05) is 0 Å². The van der Waals surface area contributed by atoms with Crippen LogP contribution in [0.2, 0.25) is 0 Å². The van der Waals surface area contributed by atoms with Crippen LogP contribution < -0.4 is 0 Å². The number of allylic oxidation sites excluding steroid dienone is 4. The summed E-state index contributed by atoms with van der Waals surface area (Å²) in [7, 11) is 0. The summed E-state index contributed by atoms with van der Waals surface area (Å²) in [5, 5.41) is 8.13. The molecule has 0 amide bonds. The molecule has 0 heteroatoms. The van der Waals surface area contributed by atoms with E-state index in [0.29, 0.717) is 0 Å². The molecule has 0 saturated heterocycles. The zero-order valence-corrected chi connectivity index (χ0v) is 19.8. The molecule has 3 aliphatic carbocycles. The van der Waals surface area contributed by atoms with Gasteiger partial charge in [0.05, 0.1) is 0 Å². The second-order valence-corrected chi connectivity index (χ2v) is 10.3. The van der Waals surface area contributed by atoms with Gasteiger partial charge in [0.25, 0.3) is 0 Å². The van der Waals surface area contributed by atoms with Crippen LogP contribution in [-0.4, -0.2) is 0 Å². The van der Waals surface area contributed by atoms with E-state index in [4.69, 9.17) is 0 Å². The van der Waals surface area contributed by atoms with Gasteiger partial charge in [-0.05, 0) is 113 Å². The van der Waals surface area contributed by atoms with E-state index in [1.165, 1.54) is 88.0 Å². The molecule has 0 radical (unpaired) electrons. The van der Waals surface area contributed by atoms with Crippen LogP contribution in [0, 0.1) is 0 Å². The first-order chi connectivity index (χ1) is 17.9. The fourth-order valence-electron chi connectivity index (χ4n) is 7.05. The lowest BCUT2D eigenvalue weighted by Gasteiger charge is -2.13. The maximum atomic E-state index is 2.43. The zero-order valence-electron chi connectivity index (χ0n) is 19.8. The minimum atomic E-state index is 1.14. The van der Waals surface area contributed by atoms with Gasteiger partial charge in [0.2, 0.25) is 0 Å². The normalized spacial score (nSPS) is 14.8. The van der Waals surface area contributed by atoms with E-state index in [2.05, 4.69) is 109 Å². The summed E-state index contributed by atoms with van der Waals surface area (Å²) in [6.45, 7) is 0. The smallest absolute Gasteiger partial charge is 0.00201 e. The SMILES string of the molecule is C1=C2C(=CCC1)c1ccc(-c3ccc4c5c(cccc35)-c3cc5ccccc5cc3-4)c3cccc2c13. The standard InChI is InChI=1S/C36H22/c1-2-8-22-20-34-32-18-16-26(29-13-6-14-30(36(29)32)33(34)19-21(22)7-1)25-15-17-31-24-10-4-3-9-23(24)27-11-5-12-28(25)35(27)31/h1-2,5-20H,3-4H2. The van der Waals surface area contributed by atoms with Gasteiger partial charge in [0.15, 0.2) is 0 Å². The summed E-state index contributed by atoms with van der Waals surface area (Å²) < 4.78 is 0. The Labute approximate surface area is 209 Å². The summed E-state index contributed by atoms with van der Waals surface area (Å²) in [5.74, 6) is 0. The molecule has 166 valence electrons. The van der Waals surface area contributed by atoms with Crippen LogP contribution in [0.15, 0.2) is 109 Å². The molecule has 9 rings (SSSR count). The van der Waals surface area contributed by atoms with E-state index in [-0.39, 0.29) is 0 Å². The van der Waals surface area contributed by atoms with Crippen LogP contribution in [0.4, 0.5) is 0 Å². The summed E-state index contributed by atoms with van der Waals surface area (Å²) in [6.07, 6.45) is 7.15. The molecule has 36 heavy (non-hydrogen) atoms. The molecular weight excluding hydrogens is 432 g/mol. The molecular formula is C36H22. The average molecular weight is 455 g/mol. The van der Waals surface area contributed by atoms with Crippen molar-refractivity contribution in [1.29, 1.82) is 0 Å². The lowest BCUT2D eigenvalue weighted by atomic mass is 9.90. The van der Waals surface area contributed by atoms with Crippen molar-refractivity contribution in [2.45, 2.75) is 12.8 Å². The van der Waals surface area contributed by atoms with Gasteiger partial charge >= 0.3 is 0 Å². The molecule has 0 unspecified atom stereocenters. The minimum absolute atomic E-state index is 1.14. The van der Waals surface area contributed by atoms with Crippen LogP contribution in [-0.2, 0) is 0 Å². The third-order valence-electron chi connectivity index (χ3n) is 8.57. The van der Waals surface area contributed by atoms with E-state index < -0.39 is 0 Å². The maximum absolute atomic E-state index is 2.43. The molecule has 0 aromatic heterocycles. The third-order valence-corrected chi connectivity index (χ3v) is 8.57. The van der Waals surface area contributed by atoms with Gasteiger partial charge < -0.3 is 0 Å². The van der Waals surface area contributed by atoms with Crippen molar-refractivity contribution in [2.24, 2.45) is 0 Å². The summed E-state index contributed by atoms with van der Waals surface area (Å²) in [6, 6.07) is 36.6. The van der Waals surface area contributed by atoms with Gasteiger partial charge in [-0.2, -0.15) is 0 Å². The fraction of sp³-hybridized carbons (Fsp3) is 0.0556. The van der Waals surface area contributed by atoms with Crippen LogP contribution in [0.1, 0.15) is 24.0 Å². The van der Waals surface area contributed by atoms with Crippen LogP contribution in [0.3, 0.4) is 0 Å². The predicted octanol–water partition coefficient (Wildman–Crippen LogP) is 10.0. The Kier molecular flexibility index (Phi) is 3.47. The number of hydrogen-bond donors (Lipinski definition) is 0. The first-order valence-corrected chi connectivity index (χ1v) is 12.9. The Morgan fingerprint density at radius 1 is 0.361 bits per heavy atom. The highest BCUT2D eigenvalue weighted by Crippen LogP contribution is 2.53. The highest BCUT2D eigenvalue weighted by molar-refractivity contribution is 6.26. The van der Waals surface area contributed by atoms with Crippen molar-refractivity contribution in [3.63, 3.8) is 0 Å². The van der Waals surface area contributed by atoms with Crippen molar-refractivity contribution < 1.29 is 0 Å². The first kappa shape index (κ1) is 18.9. The molecule has 0 heterocycles. The Morgan fingerprint density at radius 2 is 0.833 bits per heavy atom. The van der Waals surface area contributed by atoms with Crippen molar-refractivity contribution in [3.8, 4) is 33.4 Å². The molecule has 6 aromatic carbocycles. The van der Waals surface area contributed by atoms with E-state index in [1.54, 1.807) is 0 Å². The number of hydrogen-bond acceptors (Lipinski definition) is 0. The largest absolute Gasteiger partial charge is 0.0757 e. The lowest BCUT2D eigenvalue weighted by molar-refractivity contribution is 1.05. The molecule has 3 aliphatic rings. The lowest BCUT2D eigenvalue weighted by Crippen LogP contribution is -1.87. The van der Waals surface area contributed by atoms with Gasteiger partial charge in [-0.1, -0.05) is 97.1 Å². The van der Waals surface area contributed by atoms with Gasteiger partial charge in [-0.25, -0.2) is 0 Å². The highest BCUT2D eigenvalue weighted by Gasteiger charge is 2.27. The Hall–Kier alpha value is -4.42. The Balaban J connectivity index is 1.35. The predicted molar refractivity (Wildman–Crippen MR) is 154 cm³/mol. The summed E-state index contributed by atoms with van der Waals surface area (Å²) in [4.78, 5) is 0. The van der Waals surface area contributed by atoms with Gasteiger partial charge in [-0.15, -0.1) is 0 Å². The molecule has 0 bridgehead atoms. The van der Waals surface area contributed by atoms with Gasteiger partial charge in [0, 0.05) is 0 Å². The number of fused-ring (bicyclic) bond motifs is 7. The zero-order chi connectivity index (χ0) is 23.4. The average Bonchev–Trinajstić information content (AvgIpc) is 3.43. The summed E-state index contributed by atoms with van der Waals surface area (Å²) >= 11 is 0. The molecule has 6 aromatic rings. The van der Waals surface area contributed by atoms with E-state index in [1.807, 2.05) is 0 Å². The highest BCUT2D eigenvalue weighted by atomic mass is 14.3. The Morgan fingerprint density at radius 3 is 1.47 bits per heavy atom. The fourth-order valence-corrected chi connectivity index (χ4v) is 7.05. The third kappa shape index (κ3) is 2.25. The van der Waals surface area contributed by atoms with E-state index >= 15 is 0 Å². The molecule has 0 N–H and O–H groups in total. The molecule has 0 spiro atoms. The Bertz CT molecular complexity index is 1960. The topological polar surface area (TPSA) is 0 Å². The molecule has 0 nitrogen and oxygen atoms in total. The minimum Gasteiger partial charge on any atom is -0.0757 e. The van der Waals surface area contributed by atoms with E-state index in [9.17, 15) is 0 Å². The van der Waals surface area contributed by atoms with Crippen molar-refractivity contribution >= 4 is 43.5 Å². The number of benzene rings is 6. The second-order valence-electron chi connectivity index (χ2n) is 10.3. The van der Waals surface area contributed by atoms with Crippen LogP contribution >= 0.6 is 0 Å². The van der Waals surface area contributed by atoms with Gasteiger partial charge in [0.1, 0.15) is 0 Å². The quantitative estimate of drug-likeness (QED) is 0.231. The molecule has 0 aliphatic heterocycles. The van der Waals surface area contributed by atoms with Crippen molar-refractivity contribution in [1.82, 2.24) is 0 Å². The van der Waals surface area contributed by atoms with Crippen LogP contribution in [0.25, 0.3) is 76.8 Å². The molecule has 0 saturated carbocycles. The number of rotatable bonds is 1.